The van der Waals surface area contributed by atoms with Crippen molar-refractivity contribution in [3.05, 3.63) is 136 Å². The number of hydrogen-bond donors (Lipinski definition) is 2. The Balaban J connectivity index is 0.000000221. The molecule has 2 N–H and O–H groups in total. The molecule has 0 aliphatic rings. The van der Waals surface area contributed by atoms with Gasteiger partial charge in [-0.05, 0) is 126 Å². The van der Waals surface area contributed by atoms with Gasteiger partial charge >= 0.3 is 5.97 Å². The van der Waals surface area contributed by atoms with Crippen LogP contribution in [0, 0.1) is 27.7 Å². The molecule has 6 aromatic rings. The molecule has 1 unspecified atom stereocenters. The van der Waals surface area contributed by atoms with Gasteiger partial charge in [0.15, 0.2) is 5.78 Å². The fourth-order valence-corrected chi connectivity index (χ4v) is 6.97. The largest absolute Gasteiger partial charge is 0.466 e. The molecule has 0 aliphatic heterocycles. The van der Waals surface area contributed by atoms with E-state index in [9.17, 15) is 9.59 Å². The van der Waals surface area contributed by atoms with Crippen molar-refractivity contribution in [3.63, 3.8) is 0 Å². The van der Waals surface area contributed by atoms with Gasteiger partial charge in [-0.25, -0.2) is 19.9 Å². The second-order valence-electron chi connectivity index (χ2n) is 15.3. The summed E-state index contributed by atoms with van der Waals surface area (Å²) < 4.78 is 5.10. The van der Waals surface area contributed by atoms with Gasteiger partial charge in [0, 0.05) is 29.3 Å². The molecule has 0 saturated heterocycles. The Labute approximate surface area is 343 Å². The number of allylic oxidation sites excluding steroid dienone is 2. The number of nitrogens with one attached hydrogen (secondary N) is 2. The summed E-state index contributed by atoms with van der Waals surface area (Å²) in [6.07, 6.45) is 3.53. The third-order valence-corrected chi connectivity index (χ3v) is 10.1. The third-order valence-electron chi connectivity index (χ3n) is 10.1. The number of esters is 1. The first-order chi connectivity index (χ1) is 27.7. The predicted octanol–water partition coefficient (Wildman–Crippen LogP) is 11.7. The maximum absolute atomic E-state index is 12.0. The fraction of sp³-hybridized carbons (Fsp3) is 0.347. The molecule has 0 fully saturated rings. The van der Waals surface area contributed by atoms with E-state index in [1.807, 2.05) is 65.8 Å². The number of ether oxygens (including phenoxy) is 1. The van der Waals surface area contributed by atoms with Crippen LogP contribution in [0.5, 0.6) is 0 Å². The van der Waals surface area contributed by atoms with E-state index in [-0.39, 0.29) is 29.8 Å². The van der Waals surface area contributed by atoms with Crippen molar-refractivity contribution >= 4 is 50.8 Å². The van der Waals surface area contributed by atoms with Gasteiger partial charge in [-0.15, -0.1) is 0 Å². The molecule has 302 valence electrons. The van der Waals surface area contributed by atoms with Crippen LogP contribution in [0.2, 0.25) is 0 Å². The Morgan fingerprint density at radius 2 is 1.21 bits per heavy atom. The number of rotatable bonds is 14. The van der Waals surface area contributed by atoms with Gasteiger partial charge in [-0.1, -0.05) is 85.6 Å². The SMILES string of the molecule is CCCC(=O)/C=C(\C)c1ccc2nc(C)nc(N[C@H](C)c3cccc(C)c3)c2c1.CCOC(=O)CC(C)c1ccc2nc(C)nc(N[C@H](C)c3cccc(C)c3)c2c1. The van der Waals surface area contributed by atoms with Crippen LogP contribution in [0.3, 0.4) is 0 Å². The van der Waals surface area contributed by atoms with Crippen molar-refractivity contribution in [1.29, 1.82) is 0 Å². The molecule has 2 heterocycles. The molecule has 0 saturated carbocycles. The lowest BCUT2D eigenvalue weighted by molar-refractivity contribution is -0.143. The van der Waals surface area contributed by atoms with Crippen molar-refractivity contribution in [1.82, 2.24) is 19.9 Å². The molecule has 6 rings (SSSR count). The molecule has 3 atom stereocenters. The average molecular weight is 779 g/mol. The zero-order valence-electron chi connectivity index (χ0n) is 35.7. The molecule has 9 heteroatoms. The van der Waals surface area contributed by atoms with Crippen LogP contribution in [0.25, 0.3) is 27.4 Å². The van der Waals surface area contributed by atoms with Crippen LogP contribution in [0.4, 0.5) is 11.6 Å². The highest BCUT2D eigenvalue weighted by Crippen LogP contribution is 2.31. The molecule has 0 aliphatic carbocycles. The number of aromatic nitrogens is 4. The number of aryl methyl sites for hydroxylation is 4. The Morgan fingerprint density at radius 3 is 1.72 bits per heavy atom. The van der Waals surface area contributed by atoms with Crippen LogP contribution in [0.1, 0.15) is 124 Å². The van der Waals surface area contributed by atoms with E-state index in [2.05, 4.69) is 119 Å². The number of hydrogen-bond acceptors (Lipinski definition) is 9. The van der Waals surface area contributed by atoms with Gasteiger partial charge in [0.2, 0.25) is 0 Å². The number of nitrogens with zero attached hydrogens (tertiary/aromatic N) is 4. The molecule has 58 heavy (non-hydrogen) atoms. The summed E-state index contributed by atoms with van der Waals surface area (Å²) in [4.78, 5) is 42.4. The van der Waals surface area contributed by atoms with E-state index in [0.29, 0.717) is 19.4 Å². The normalized spacial score (nSPS) is 13.0. The first-order valence-corrected chi connectivity index (χ1v) is 20.3. The van der Waals surface area contributed by atoms with Gasteiger partial charge in [-0.2, -0.15) is 0 Å². The highest BCUT2D eigenvalue weighted by molar-refractivity contribution is 5.98. The lowest BCUT2D eigenvalue weighted by atomic mass is 9.96. The molecule has 0 bridgehead atoms. The van der Waals surface area contributed by atoms with Crippen molar-refractivity contribution in [2.75, 3.05) is 17.2 Å². The lowest BCUT2D eigenvalue weighted by Gasteiger charge is -2.18. The first-order valence-electron chi connectivity index (χ1n) is 20.3. The molecule has 2 aromatic heterocycles. The number of fused-ring (bicyclic) bond motifs is 2. The van der Waals surface area contributed by atoms with Crippen LogP contribution in [-0.2, 0) is 14.3 Å². The monoisotopic (exact) mass is 778 g/mol. The summed E-state index contributed by atoms with van der Waals surface area (Å²) in [6, 6.07) is 29.4. The molecular formula is C49H58N6O3. The summed E-state index contributed by atoms with van der Waals surface area (Å²) in [5.41, 5.74) is 9.73. The van der Waals surface area contributed by atoms with Crippen molar-refractivity contribution < 1.29 is 14.3 Å². The van der Waals surface area contributed by atoms with Crippen LogP contribution in [-0.4, -0.2) is 38.3 Å². The highest BCUT2D eigenvalue weighted by Gasteiger charge is 2.17. The number of anilines is 2. The minimum atomic E-state index is -0.174. The smallest absolute Gasteiger partial charge is 0.306 e. The Hall–Kier alpha value is -5.96. The maximum atomic E-state index is 12.0. The summed E-state index contributed by atoms with van der Waals surface area (Å²) in [7, 11) is 0. The van der Waals surface area contributed by atoms with Crippen molar-refractivity contribution in [2.45, 2.75) is 107 Å². The van der Waals surface area contributed by atoms with Gasteiger partial charge in [0.1, 0.15) is 23.3 Å². The zero-order valence-corrected chi connectivity index (χ0v) is 35.7. The van der Waals surface area contributed by atoms with Gasteiger partial charge in [-0.3, -0.25) is 9.59 Å². The van der Waals surface area contributed by atoms with Crippen molar-refractivity contribution in [3.8, 4) is 0 Å². The molecule has 0 radical (unpaired) electrons. The lowest BCUT2D eigenvalue weighted by Crippen LogP contribution is -2.10. The molecule has 0 amide bonds. The van der Waals surface area contributed by atoms with E-state index in [0.717, 1.165) is 68.2 Å². The predicted molar refractivity (Wildman–Crippen MR) is 238 cm³/mol. The number of ketones is 1. The Kier molecular flexibility index (Phi) is 14.8. The minimum absolute atomic E-state index is 0.0572. The second kappa shape index (κ2) is 19.9. The number of carbonyl (C=O) groups excluding carboxylic acids is 2. The summed E-state index contributed by atoms with van der Waals surface area (Å²) >= 11 is 0. The maximum Gasteiger partial charge on any atom is 0.306 e. The number of carbonyl (C=O) groups is 2. The minimum Gasteiger partial charge on any atom is -0.466 e. The summed E-state index contributed by atoms with van der Waals surface area (Å²) in [6.45, 7) is 20.5. The Morgan fingerprint density at radius 1 is 0.672 bits per heavy atom. The van der Waals surface area contributed by atoms with E-state index in [4.69, 9.17) is 4.74 Å². The fourth-order valence-electron chi connectivity index (χ4n) is 6.97. The van der Waals surface area contributed by atoms with Crippen molar-refractivity contribution in [2.24, 2.45) is 0 Å². The summed E-state index contributed by atoms with van der Waals surface area (Å²) in [5.74, 6) is 3.13. The third kappa shape index (κ3) is 11.6. The van der Waals surface area contributed by atoms with E-state index in [1.54, 1.807) is 6.08 Å². The Bertz CT molecular complexity index is 2420. The molecule has 9 nitrogen and oxygen atoms in total. The van der Waals surface area contributed by atoms with Crippen LogP contribution >= 0.6 is 0 Å². The van der Waals surface area contributed by atoms with Gasteiger partial charge in [0.05, 0.1) is 24.1 Å². The van der Waals surface area contributed by atoms with E-state index < -0.39 is 0 Å². The standard InChI is InChI=1S/C25H29N3O.C24H29N3O2/c1-6-8-22(29)14-17(3)20-11-12-24-23(15-20)25(28-19(5)27-24)26-18(4)21-10-7-9-16(2)13-21;1-6-29-23(28)13-16(3)19-10-11-22-21(14-19)24(27-18(5)26-22)25-17(4)20-9-7-8-15(2)12-20/h7,9-15,18H,6,8H2,1-5H3,(H,26,27,28);7-12,14,16-17H,6,13H2,1-5H3,(H,25,26,27)/b17-14+;/t18-;16?,17-/m11/s1. The quantitative estimate of drug-likeness (QED) is 0.0822. The van der Waals surface area contributed by atoms with E-state index >= 15 is 0 Å². The van der Waals surface area contributed by atoms with Gasteiger partial charge in [0.25, 0.3) is 0 Å². The van der Waals surface area contributed by atoms with Crippen LogP contribution in [0.15, 0.2) is 91.0 Å². The van der Waals surface area contributed by atoms with Gasteiger partial charge < -0.3 is 15.4 Å². The highest BCUT2D eigenvalue weighted by atomic mass is 16.5. The zero-order chi connectivity index (χ0) is 41.9. The molecular weight excluding hydrogens is 721 g/mol. The average Bonchev–Trinajstić information content (AvgIpc) is 3.18. The van der Waals surface area contributed by atoms with Crippen LogP contribution < -0.4 is 10.6 Å². The van der Waals surface area contributed by atoms with E-state index in [1.165, 1.54) is 22.3 Å². The topological polar surface area (TPSA) is 119 Å². The summed E-state index contributed by atoms with van der Waals surface area (Å²) in [5, 5.41) is 9.04. The number of benzene rings is 4. The second-order valence-corrected chi connectivity index (χ2v) is 15.3. The molecule has 4 aromatic carbocycles. The first kappa shape index (κ1) is 43.2. The molecule has 0 spiro atoms.